The fourth-order valence-electron chi connectivity index (χ4n) is 4.37. The van der Waals surface area contributed by atoms with Gasteiger partial charge in [-0.3, -0.25) is 14.6 Å². The number of halogens is 1. The van der Waals surface area contributed by atoms with Gasteiger partial charge in [-0.1, -0.05) is 18.6 Å². The highest BCUT2D eigenvalue weighted by molar-refractivity contribution is 6.00. The van der Waals surface area contributed by atoms with Gasteiger partial charge in [-0.05, 0) is 56.0 Å². The molecule has 2 aliphatic rings. The topological polar surface area (TPSA) is 62.3 Å². The van der Waals surface area contributed by atoms with E-state index in [-0.39, 0.29) is 23.7 Å². The molecule has 4 rings (SSSR count). The average molecular weight is 367 g/mol. The van der Waals surface area contributed by atoms with Crippen LogP contribution in [0, 0.1) is 11.2 Å². The van der Waals surface area contributed by atoms with Crippen LogP contribution >= 0.6 is 0 Å². The second-order valence-corrected chi connectivity index (χ2v) is 7.45. The van der Waals surface area contributed by atoms with Gasteiger partial charge >= 0.3 is 0 Å². The van der Waals surface area contributed by atoms with Crippen molar-refractivity contribution in [1.29, 1.82) is 0 Å². The van der Waals surface area contributed by atoms with Crippen molar-refractivity contribution in [2.24, 2.45) is 5.41 Å². The number of hydrogen-bond donors (Lipinski definition) is 1. The monoisotopic (exact) mass is 367 g/mol. The van der Waals surface area contributed by atoms with Crippen LogP contribution in [0.4, 0.5) is 10.1 Å². The van der Waals surface area contributed by atoms with E-state index < -0.39 is 5.41 Å². The van der Waals surface area contributed by atoms with Crippen molar-refractivity contribution in [3.05, 3.63) is 60.2 Å². The molecule has 2 amide bonds. The number of anilines is 1. The zero-order valence-electron chi connectivity index (χ0n) is 15.0. The largest absolute Gasteiger partial charge is 0.348 e. The molecule has 1 aliphatic heterocycles. The molecule has 1 saturated heterocycles. The molecule has 0 radical (unpaired) electrons. The van der Waals surface area contributed by atoms with Crippen LogP contribution in [0.5, 0.6) is 0 Å². The molecule has 2 atom stereocenters. The lowest BCUT2D eigenvalue weighted by molar-refractivity contribution is -0.127. The van der Waals surface area contributed by atoms with Crippen LogP contribution in [0.25, 0.3) is 0 Å². The van der Waals surface area contributed by atoms with Crippen LogP contribution in [0.15, 0.2) is 48.7 Å². The number of rotatable bonds is 3. The third-order valence-corrected chi connectivity index (χ3v) is 5.71. The van der Waals surface area contributed by atoms with Crippen LogP contribution in [-0.4, -0.2) is 29.4 Å². The van der Waals surface area contributed by atoms with Crippen molar-refractivity contribution in [1.82, 2.24) is 10.3 Å². The summed E-state index contributed by atoms with van der Waals surface area (Å²) in [5.74, 6) is -0.500. The fraction of sp³-hybridized carbons (Fsp3) is 0.381. The van der Waals surface area contributed by atoms with E-state index in [0.29, 0.717) is 24.3 Å². The molecule has 2 aromatic rings. The summed E-state index contributed by atoms with van der Waals surface area (Å²) in [7, 11) is 0. The summed E-state index contributed by atoms with van der Waals surface area (Å²) in [6.45, 7) is 0.587. The minimum absolute atomic E-state index is 0.0462. The molecule has 1 aromatic carbocycles. The summed E-state index contributed by atoms with van der Waals surface area (Å²) in [6, 6.07) is 11.4. The predicted molar refractivity (Wildman–Crippen MR) is 99.8 cm³/mol. The molecular weight excluding hydrogens is 345 g/mol. The third kappa shape index (κ3) is 3.44. The van der Waals surface area contributed by atoms with Gasteiger partial charge in [0.05, 0.1) is 5.41 Å². The first-order valence-electron chi connectivity index (χ1n) is 9.37. The minimum atomic E-state index is -0.466. The Bertz CT molecular complexity index is 858. The van der Waals surface area contributed by atoms with Crippen molar-refractivity contribution in [3.63, 3.8) is 0 Å². The number of carbonyl (C=O) groups excluding carboxylic acids is 2. The Kier molecular flexibility index (Phi) is 4.64. The van der Waals surface area contributed by atoms with E-state index in [1.165, 1.54) is 12.1 Å². The zero-order valence-corrected chi connectivity index (χ0v) is 15.0. The van der Waals surface area contributed by atoms with Crippen LogP contribution in [-0.2, 0) is 4.79 Å². The van der Waals surface area contributed by atoms with E-state index in [4.69, 9.17) is 0 Å². The molecule has 0 bridgehead atoms. The predicted octanol–water partition coefficient (Wildman–Crippen LogP) is 3.32. The number of nitrogens with one attached hydrogen (secondary N) is 1. The highest BCUT2D eigenvalue weighted by Crippen LogP contribution is 2.46. The van der Waals surface area contributed by atoms with E-state index in [9.17, 15) is 14.0 Å². The quantitative estimate of drug-likeness (QED) is 0.905. The van der Waals surface area contributed by atoms with Gasteiger partial charge in [0, 0.05) is 24.5 Å². The lowest BCUT2D eigenvalue weighted by Crippen LogP contribution is -2.46. The summed E-state index contributed by atoms with van der Waals surface area (Å²) in [4.78, 5) is 31.4. The Labute approximate surface area is 157 Å². The van der Waals surface area contributed by atoms with E-state index in [0.717, 1.165) is 25.7 Å². The van der Waals surface area contributed by atoms with Gasteiger partial charge in [0.2, 0.25) is 5.91 Å². The number of pyridine rings is 1. The van der Waals surface area contributed by atoms with Crippen LogP contribution in [0.3, 0.4) is 0 Å². The Hall–Kier alpha value is -2.76. The Balaban J connectivity index is 1.47. The highest BCUT2D eigenvalue weighted by atomic mass is 19.1. The highest BCUT2D eigenvalue weighted by Gasteiger charge is 2.49. The molecule has 2 heterocycles. The van der Waals surface area contributed by atoms with Gasteiger partial charge in [-0.25, -0.2) is 4.39 Å². The summed E-state index contributed by atoms with van der Waals surface area (Å²) in [6.07, 6.45) is 5.50. The maximum Gasteiger partial charge on any atom is 0.270 e. The molecule has 1 saturated carbocycles. The van der Waals surface area contributed by atoms with Gasteiger partial charge < -0.3 is 10.2 Å². The molecule has 1 N–H and O–H groups in total. The first kappa shape index (κ1) is 17.6. The van der Waals surface area contributed by atoms with E-state index in [2.05, 4.69) is 10.3 Å². The van der Waals surface area contributed by atoms with E-state index in [1.807, 2.05) is 0 Å². The number of nitrogens with zero attached hydrogens (tertiary/aromatic N) is 2. The van der Waals surface area contributed by atoms with Gasteiger partial charge in [-0.2, -0.15) is 0 Å². The zero-order chi connectivity index (χ0) is 18.9. The van der Waals surface area contributed by atoms with Gasteiger partial charge in [0.25, 0.3) is 5.91 Å². The first-order chi connectivity index (χ1) is 13.1. The lowest BCUT2D eigenvalue weighted by atomic mass is 9.71. The number of aromatic nitrogens is 1. The second kappa shape index (κ2) is 7.10. The molecule has 2 fully saturated rings. The third-order valence-electron chi connectivity index (χ3n) is 5.71. The summed E-state index contributed by atoms with van der Waals surface area (Å²) >= 11 is 0. The normalized spacial score (nSPS) is 25.0. The van der Waals surface area contributed by atoms with Gasteiger partial charge in [0.1, 0.15) is 11.5 Å². The molecule has 140 valence electrons. The standard InChI is InChI=1S/C21H22FN3O2/c22-15-5-3-7-17(13-15)25-12-10-21(20(25)27)9-4-6-16(14-21)24-19(26)18-8-1-2-11-23-18/h1-3,5,7-8,11,13,16H,4,6,9-10,12,14H2,(H,24,26)/t16-,21-/m1/s1. The fourth-order valence-corrected chi connectivity index (χ4v) is 4.37. The van der Waals surface area contributed by atoms with Crippen molar-refractivity contribution in [2.75, 3.05) is 11.4 Å². The van der Waals surface area contributed by atoms with Gasteiger partial charge in [0.15, 0.2) is 0 Å². The first-order valence-corrected chi connectivity index (χ1v) is 9.37. The SMILES string of the molecule is O=C(N[C@@H]1CCC[C@@]2(CCN(c3cccc(F)c3)C2=O)C1)c1ccccn1. The van der Waals surface area contributed by atoms with Crippen molar-refractivity contribution >= 4 is 17.5 Å². The molecule has 1 aromatic heterocycles. The molecule has 6 heteroatoms. The molecular formula is C21H22FN3O2. The summed E-state index contributed by atoms with van der Waals surface area (Å²) in [5.41, 5.74) is 0.528. The van der Waals surface area contributed by atoms with Crippen LogP contribution < -0.4 is 10.2 Å². The number of carbonyl (C=O) groups is 2. The van der Waals surface area contributed by atoms with Crippen molar-refractivity contribution in [2.45, 2.75) is 38.1 Å². The Morgan fingerprint density at radius 2 is 2.11 bits per heavy atom. The summed E-state index contributed by atoms with van der Waals surface area (Å²) in [5, 5.41) is 3.04. The smallest absolute Gasteiger partial charge is 0.270 e. The summed E-state index contributed by atoms with van der Waals surface area (Å²) < 4.78 is 13.6. The second-order valence-electron chi connectivity index (χ2n) is 7.45. The Morgan fingerprint density at radius 3 is 2.89 bits per heavy atom. The number of amides is 2. The molecule has 0 unspecified atom stereocenters. The Morgan fingerprint density at radius 1 is 1.22 bits per heavy atom. The molecule has 1 aliphatic carbocycles. The number of benzene rings is 1. The molecule has 27 heavy (non-hydrogen) atoms. The number of hydrogen-bond acceptors (Lipinski definition) is 3. The van der Waals surface area contributed by atoms with Crippen LogP contribution in [0.1, 0.15) is 42.6 Å². The van der Waals surface area contributed by atoms with E-state index in [1.54, 1.807) is 41.4 Å². The van der Waals surface area contributed by atoms with Crippen molar-refractivity contribution in [3.8, 4) is 0 Å². The molecule has 1 spiro atoms. The average Bonchev–Trinajstić information content (AvgIpc) is 2.98. The molecule has 5 nitrogen and oxygen atoms in total. The lowest BCUT2D eigenvalue weighted by Gasteiger charge is -2.36. The van der Waals surface area contributed by atoms with Crippen molar-refractivity contribution < 1.29 is 14.0 Å². The maximum absolute atomic E-state index is 13.6. The minimum Gasteiger partial charge on any atom is -0.348 e. The van der Waals surface area contributed by atoms with E-state index >= 15 is 0 Å². The van der Waals surface area contributed by atoms with Crippen LogP contribution in [0.2, 0.25) is 0 Å². The van der Waals surface area contributed by atoms with Gasteiger partial charge in [-0.15, -0.1) is 0 Å². The maximum atomic E-state index is 13.6.